The third-order valence-corrected chi connectivity index (χ3v) is 5.30. The lowest BCUT2D eigenvalue weighted by atomic mass is 9.78. The van der Waals surface area contributed by atoms with Crippen molar-refractivity contribution in [2.75, 3.05) is 0 Å². The largest absolute Gasteiger partial charge is 0.550 e. The number of benzene rings is 1. The average molecular weight is 312 g/mol. The van der Waals surface area contributed by atoms with Crippen LogP contribution in [0.5, 0.6) is 0 Å². The molecule has 3 rings (SSSR count). The first-order chi connectivity index (χ1) is 11.0. The second-order valence-corrected chi connectivity index (χ2v) is 6.82. The summed E-state index contributed by atoms with van der Waals surface area (Å²) in [5, 5.41) is 14.6. The minimum absolute atomic E-state index is 0.0255. The molecule has 0 aromatic heterocycles. The van der Waals surface area contributed by atoms with Crippen molar-refractivity contribution in [3.63, 3.8) is 0 Å². The summed E-state index contributed by atoms with van der Waals surface area (Å²) in [6.45, 7) is 4.45. The molecule has 23 heavy (non-hydrogen) atoms. The van der Waals surface area contributed by atoms with Gasteiger partial charge in [-0.15, -0.1) is 0 Å². The van der Waals surface area contributed by atoms with Gasteiger partial charge in [0.15, 0.2) is 0 Å². The zero-order chi connectivity index (χ0) is 16.6. The van der Waals surface area contributed by atoms with E-state index in [4.69, 9.17) is 0 Å². The summed E-state index contributed by atoms with van der Waals surface area (Å²) in [4.78, 5) is 24.3. The maximum atomic E-state index is 12.7. The van der Waals surface area contributed by atoms with Crippen LogP contribution in [-0.4, -0.2) is 11.9 Å². The smallest absolute Gasteiger partial charge is 0.224 e. The van der Waals surface area contributed by atoms with Crippen LogP contribution in [0.25, 0.3) is 0 Å². The number of amides is 1. The maximum Gasteiger partial charge on any atom is 0.224 e. The van der Waals surface area contributed by atoms with Crippen molar-refractivity contribution >= 4 is 11.9 Å². The molecule has 0 unspecified atom stereocenters. The zero-order valence-electron chi connectivity index (χ0n) is 13.5. The van der Waals surface area contributed by atoms with Crippen LogP contribution >= 0.6 is 0 Å². The normalized spacial score (nSPS) is 28.7. The third-order valence-electron chi connectivity index (χ3n) is 5.30. The number of hydrogen-bond acceptors (Lipinski definition) is 3. The number of fused-ring (bicyclic) bond motifs is 2. The minimum Gasteiger partial charge on any atom is -0.550 e. The summed E-state index contributed by atoms with van der Waals surface area (Å²) in [5.74, 6) is -2.39. The molecule has 2 bridgehead atoms. The van der Waals surface area contributed by atoms with Gasteiger partial charge in [0.05, 0.1) is 5.92 Å². The van der Waals surface area contributed by atoms with E-state index in [2.05, 4.69) is 5.32 Å². The topological polar surface area (TPSA) is 69.2 Å². The first kappa shape index (κ1) is 15.8. The van der Waals surface area contributed by atoms with Crippen molar-refractivity contribution in [2.24, 2.45) is 23.7 Å². The van der Waals surface area contributed by atoms with Crippen LogP contribution < -0.4 is 10.4 Å². The highest BCUT2D eigenvalue weighted by Gasteiger charge is 2.54. The van der Waals surface area contributed by atoms with E-state index in [1.54, 1.807) is 0 Å². The Morgan fingerprint density at radius 2 is 1.70 bits per heavy atom. The molecule has 2 fully saturated rings. The van der Waals surface area contributed by atoms with Gasteiger partial charge in [0.2, 0.25) is 5.91 Å². The number of carbonyl (C=O) groups excluding carboxylic acids is 2. The quantitative estimate of drug-likeness (QED) is 0.860. The summed E-state index contributed by atoms with van der Waals surface area (Å²) in [5.41, 5.74) is 3.35. The number of aliphatic carboxylic acids is 1. The molecular weight excluding hydrogens is 290 g/mol. The van der Waals surface area contributed by atoms with Crippen LogP contribution in [0.3, 0.4) is 0 Å². The van der Waals surface area contributed by atoms with Gasteiger partial charge < -0.3 is 15.2 Å². The zero-order valence-corrected chi connectivity index (χ0v) is 13.5. The number of carboxylic acids is 1. The molecule has 122 valence electrons. The number of carbonyl (C=O) groups is 2. The Bertz CT molecular complexity index is 646. The van der Waals surface area contributed by atoms with Crippen LogP contribution in [0.1, 0.15) is 32.3 Å². The van der Waals surface area contributed by atoms with Gasteiger partial charge in [-0.1, -0.05) is 41.5 Å². The van der Waals surface area contributed by atoms with Crippen LogP contribution in [0.2, 0.25) is 0 Å². The molecule has 4 nitrogen and oxygen atoms in total. The van der Waals surface area contributed by atoms with Gasteiger partial charge in [-0.2, -0.15) is 0 Å². The Kier molecular flexibility index (Phi) is 4.24. The monoisotopic (exact) mass is 312 g/mol. The number of allylic oxidation sites excluding steroid dienone is 2. The number of carboxylic acid groups (broad SMARTS) is 1. The van der Waals surface area contributed by atoms with Gasteiger partial charge in [-0.3, -0.25) is 4.79 Å². The van der Waals surface area contributed by atoms with Crippen molar-refractivity contribution in [3.8, 4) is 0 Å². The summed E-state index contributed by atoms with van der Waals surface area (Å²) in [6.07, 6.45) is 1.75. The highest BCUT2D eigenvalue weighted by molar-refractivity contribution is 5.87. The lowest BCUT2D eigenvalue weighted by Crippen LogP contribution is -2.45. The summed E-state index contributed by atoms with van der Waals surface area (Å²) < 4.78 is 0. The molecule has 4 heteroatoms. The molecule has 0 saturated heterocycles. The molecule has 2 aliphatic rings. The Balaban J connectivity index is 1.79. The molecule has 2 aliphatic carbocycles. The van der Waals surface area contributed by atoms with Gasteiger partial charge in [0, 0.05) is 18.4 Å². The molecule has 0 radical (unpaired) electrons. The second-order valence-electron chi connectivity index (χ2n) is 6.82. The van der Waals surface area contributed by atoms with Crippen molar-refractivity contribution in [3.05, 3.63) is 47.0 Å². The van der Waals surface area contributed by atoms with E-state index < -0.39 is 17.8 Å². The van der Waals surface area contributed by atoms with E-state index in [1.165, 1.54) is 5.57 Å². The van der Waals surface area contributed by atoms with Gasteiger partial charge in [-0.05, 0) is 44.1 Å². The Labute approximate surface area is 136 Å². The first-order valence-corrected chi connectivity index (χ1v) is 8.20. The van der Waals surface area contributed by atoms with Gasteiger partial charge in [0.25, 0.3) is 0 Å². The second kappa shape index (κ2) is 6.19. The highest BCUT2D eigenvalue weighted by atomic mass is 16.4. The summed E-state index contributed by atoms with van der Waals surface area (Å²) >= 11 is 0. The molecule has 0 spiro atoms. The fourth-order valence-corrected chi connectivity index (χ4v) is 4.49. The summed E-state index contributed by atoms with van der Waals surface area (Å²) in [7, 11) is 0. The Morgan fingerprint density at radius 3 is 2.26 bits per heavy atom. The van der Waals surface area contributed by atoms with Crippen LogP contribution in [0.4, 0.5) is 0 Å². The third kappa shape index (κ3) is 2.78. The highest BCUT2D eigenvalue weighted by Crippen LogP contribution is 2.56. The molecule has 0 heterocycles. The van der Waals surface area contributed by atoms with E-state index in [1.807, 2.05) is 44.2 Å². The predicted octanol–water partition coefficient (Wildman–Crippen LogP) is 1.66. The SMILES string of the molecule is CC(C)=C1[C@H]2CC[C@@H]1[C@@H](C(=O)NCc1ccccc1)[C@H]2C(=O)[O-]. The lowest BCUT2D eigenvalue weighted by molar-refractivity contribution is -0.314. The standard InChI is InChI=1S/C19H23NO3/c1-11(2)15-13-8-9-14(15)17(19(22)23)16(13)18(21)20-10-12-6-4-3-5-7-12/h3-7,13-14,16-17H,8-10H2,1-2H3,(H,20,21)(H,22,23)/p-1/t13-,14+,16+,17-/m0/s1. The first-order valence-electron chi connectivity index (χ1n) is 8.20. The molecule has 1 aromatic carbocycles. The number of rotatable bonds is 4. The van der Waals surface area contributed by atoms with Crippen LogP contribution in [-0.2, 0) is 16.1 Å². The van der Waals surface area contributed by atoms with Gasteiger partial charge >= 0.3 is 0 Å². The minimum atomic E-state index is -1.09. The van der Waals surface area contributed by atoms with E-state index in [0.29, 0.717) is 6.54 Å². The maximum absolute atomic E-state index is 12.7. The molecule has 4 atom stereocenters. The van der Waals surface area contributed by atoms with Crippen molar-refractivity contribution in [1.29, 1.82) is 0 Å². The van der Waals surface area contributed by atoms with Crippen molar-refractivity contribution in [2.45, 2.75) is 33.2 Å². The molecule has 1 N–H and O–H groups in total. The Morgan fingerprint density at radius 1 is 1.09 bits per heavy atom. The predicted molar refractivity (Wildman–Crippen MR) is 84.9 cm³/mol. The molecule has 1 amide bonds. The van der Waals surface area contributed by atoms with E-state index in [9.17, 15) is 14.7 Å². The number of hydrogen-bond donors (Lipinski definition) is 1. The summed E-state index contributed by atoms with van der Waals surface area (Å²) in [6, 6.07) is 9.65. The van der Waals surface area contributed by atoms with Gasteiger partial charge in [-0.25, -0.2) is 0 Å². The van der Waals surface area contributed by atoms with E-state index in [0.717, 1.165) is 24.0 Å². The average Bonchev–Trinajstić information content (AvgIpc) is 3.09. The molecular formula is C19H22NO3-. The lowest BCUT2D eigenvalue weighted by Gasteiger charge is -2.30. The molecule has 0 aliphatic heterocycles. The van der Waals surface area contributed by atoms with Crippen LogP contribution in [0.15, 0.2) is 41.5 Å². The fourth-order valence-electron chi connectivity index (χ4n) is 4.49. The van der Waals surface area contributed by atoms with Crippen molar-refractivity contribution in [1.82, 2.24) is 5.32 Å². The number of nitrogens with one attached hydrogen (secondary N) is 1. The van der Waals surface area contributed by atoms with E-state index >= 15 is 0 Å². The molecule has 1 aromatic rings. The van der Waals surface area contributed by atoms with Gasteiger partial charge in [0.1, 0.15) is 0 Å². The van der Waals surface area contributed by atoms with Crippen molar-refractivity contribution < 1.29 is 14.7 Å². The Hall–Kier alpha value is -2.10. The molecule has 2 saturated carbocycles. The van der Waals surface area contributed by atoms with E-state index in [-0.39, 0.29) is 17.7 Å². The fraction of sp³-hybridized carbons (Fsp3) is 0.474. The van der Waals surface area contributed by atoms with Crippen LogP contribution in [0, 0.1) is 23.7 Å².